The summed E-state index contributed by atoms with van der Waals surface area (Å²) in [4.78, 5) is 35.9. The van der Waals surface area contributed by atoms with E-state index in [0.717, 1.165) is 4.47 Å². The van der Waals surface area contributed by atoms with Crippen molar-refractivity contribution in [3.8, 4) is 5.75 Å². The number of benzene rings is 3. The number of hydrogen-bond acceptors (Lipinski definition) is 5. The van der Waals surface area contributed by atoms with E-state index in [-0.39, 0.29) is 5.02 Å². The van der Waals surface area contributed by atoms with E-state index < -0.39 is 17.8 Å². The van der Waals surface area contributed by atoms with E-state index in [4.69, 9.17) is 27.9 Å². The Balaban J connectivity index is 1.51. The lowest BCUT2D eigenvalue weighted by molar-refractivity contribution is -0.136. The Morgan fingerprint density at radius 3 is 2.22 bits per heavy atom. The number of rotatable bonds is 5. The zero-order valence-corrected chi connectivity index (χ0v) is 19.2. The van der Waals surface area contributed by atoms with Gasteiger partial charge in [-0.25, -0.2) is 10.2 Å². The van der Waals surface area contributed by atoms with Crippen molar-refractivity contribution in [2.24, 2.45) is 5.10 Å². The molecule has 0 atom stereocenters. The second-order valence-corrected chi connectivity index (χ2v) is 7.98. The number of carbonyl (C=O) groups excluding carboxylic acids is 3. The van der Waals surface area contributed by atoms with Crippen LogP contribution in [0.3, 0.4) is 0 Å². The molecule has 0 aliphatic rings. The van der Waals surface area contributed by atoms with E-state index in [1.54, 1.807) is 48.5 Å². The Morgan fingerprint density at radius 1 is 0.875 bits per heavy atom. The maximum absolute atomic E-state index is 12.1. The van der Waals surface area contributed by atoms with Crippen LogP contribution in [0.4, 0.5) is 5.69 Å². The number of nitrogens with zero attached hydrogens (tertiary/aromatic N) is 1. The number of hydrazone groups is 1. The molecule has 0 heterocycles. The Labute approximate surface area is 201 Å². The largest absolute Gasteiger partial charge is 0.423 e. The van der Waals surface area contributed by atoms with Crippen LogP contribution in [0.15, 0.2) is 76.3 Å². The molecular weight excluding hydrogens is 521 g/mol. The first-order valence-electron chi connectivity index (χ1n) is 8.99. The molecule has 10 heteroatoms. The van der Waals surface area contributed by atoms with Crippen molar-refractivity contribution in [3.05, 3.63) is 92.4 Å². The molecule has 0 fully saturated rings. The second-order valence-electron chi connectivity index (χ2n) is 6.25. The van der Waals surface area contributed by atoms with Gasteiger partial charge in [0.1, 0.15) is 5.75 Å². The van der Waals surface area contributed by atoms with Gasteiger partial charge in [0, 0.05) is 10.2 Å². The minimum absolute atomic E-state index is 0.244. The summed E-state index contributed by atoms with van der Waals surface area (Å²) < 4.78 is 6.16. The van der Waals surface area contributed by atoms with E-state index >= 15 is 0 Å². The van der Waals surface area contributed by atoms with Crippen LogP contribution in [-0.2, 0) is 9.59 Å². The number of ether oxygens (including phenoxy) is 1. The maximum atomic E-state index is 12.1. The fourth-order valence-electron chi connectivity index (χ4n) is 2.35. The summed E-state index contributed by atoms with van der Waals surface area (Å²) >= 11 is 15.0. The molecule has 3 aromatic carbocycles. The topological polar surface area (TPSA) is 96.9 Å². The molecule has 0 bridgehead atoms. The van der Waals surface area contributed by atoms with Crippen molar-refractivity contribution >= 4 is 68.8 Å². The van der Waals surface area contributed by atoms with Gasteiger partial charge in [0.2, 0.25) is 0 Å². The third kappa shape index (κ3) is 6.65. The zero-order valence-electron chi connectivity index (χ0n) is 16.1. The first kappa shape index (κ1) is 23.5. The van der Waals surface area contributed by atoms with Crippen molar-refractivity contribution < 1.29 is 19.1 Å². The number of hydrogen-bond donors (Lipinski definition) is 2. The highest BCUT2D eigenvalue weighted by Gasteiger charge is 2.13. The zero-order chi connectivity index (χ0) is 23.1. The van der Waals surface area contributed by atoms with Crippen molar-refractivity contribution in [2.45, 2.75) is 0 Å². The van der Waals surface area contributed by atoms with Crippen molar-refractivity contribution in [1.82, 2.24) is 5.43 Å². The van der Waals surface area contributed by atoms with Crippen molar-refractivity contribution in [2.75, 3.05) is 5.32 Å². The summed E-state index contributed by atoms with van der Waals surface area (Å²) in [5.41, 5.74) is 3.46. The molecule has 0 aromatic heterocycles. The molecule has 0 aliphatic heterocycles. The highest BCUT2D eigenvalue weighted by atomic mass is 79.9. The average molecular weight is 535 g/mol. The normalized spacial score (nSPS) is 10.6. The van der Waals surface area contributed by atoms with Gasteiger partial charge in [-0.3, -0.25) is 9.59 Å². The SMILES string of the molecule is O=C(NN=Cc1ccc(OC(=O)c2ccc(Br)cc2)cc1)C(=O)Nc1ccc(Cl)c(Cl)c1. The molecule has 0 saturated carbocycles. The first-order chi connectivity index (χ1) is 15.3. The fraction of sp³-hybridized carbons (Fsp3) is 0. The van der Waals surface area contributed by atoms with E-state index in [1.807, 2.05) is 0 Å². The van der Waals surface area contributed by atoms with Gasteiger partial charge in [0.25, 0.3) is 0 Å². The number of halogens is 3. The summed E-state index contributed by atoms with van der Waals surface area (Å²) in [6, 6.07) is 17.6. The number of esters is 1. The second kappa shape index (κ2) is 10.9. The molecule has 0 spiro atoms. The van der Waals surface area contributed by atoms with E-state index in [2.05, 4.69) is 31.8 Å². The van der Waals surface area contributed by atoms with Crippen LogP contribution in [-0.4, -0.2) is 24.0 Å². The number of carbonyl (C=O) groups is 3. The van der Waals surface area contributed by atoms with E-state index in [9.17, 15) is 14.4 Å². The quantitative estimate of drug-likeness (QED) is 0.157. The van der Waals surface area contributed by atoms with Crippen LogP contribution in [0.2, 0.25) is 10.0 Å². The van der Waals surface area contributed by atoms with E-state index in [0.29, 0.717) is 27.6 Å². The summed E-state index contributed by atoms with van der Waals surface area (Å²) in [6.45, 7) is 0. The Morgan fingerprint density at radius 2 is 1.56 bits per heavy atom. The van der Waals surface area contributed by atoms with Gasteiger partial charge in [-0.05, 0) is 72.3 Å². The standard InChI is InChI=1S/C22H14BrCl2N3O4/c23-15-5-3-14(4-6-15)22(31)32-17-8-1-13(2-9-17)12-26-28-21(30)20(29)27-16-7-10-18(24)19(25)11-16/h1-12H,(H,27,29)(H,28,30). The summed E-state index contributed by atoms with van der Waals surface area (Å²) in [6.07, 6.45) is 1.34. The highest BCUT2D eigenvalue weighted by molar-refractivity contribution is 9.10. The van der Waals surface area contributed by atoms with Crippen LogP contribution >= 0.6 is 39.1 Å². The molecule has 32 heavy (non-hydrogen) atoms. The Bertz CT molecular complexity index is 1180. The molecule has 0 aliphatic carbocycles. The minimum Gasteiger partial charge on any atom is -0.423 e. The molecule has 7 nitrogen and oxygen atoms in total. The molecular formula is C22H14BrCl2N3O4. The third-order valence-electron chi connectivity index (χ3n) is 3.93. The lowest BCUT2D eigenvalue weighted by Gasteiger charge is -2.05. The Hall–Kier alpha value is -3.20. The number of amides is 2. The maximum Gasteiger partial charge on any atom is 0.343 e. The Kier molecular flexibility index (Phi) is 7.99. The number of nitrogens with one attached hydrogen (secondary N) is 2. The molecule has 3 aromatic rings. The molecule has 0 unspecified atom stereocenters. The van der Waals surface area contributed by atoms with Gasteiger partial charge in [0.05, 0.1) is 21.8 Å². The molecule has 162 valence electrons. The van der Waals surface area contributed by atoms with Gasteiger partial charge in [-0.1, -0.05) is 39.1 Å². The van der Waals surface area contributed by atoms with Crippen LogP contribution < -0.4 is 15.5 Å². The third-order valence-corrected chi connectivity index (χ3v) is 5.20. The predicted molar refractivity (Wildman–Crippen MR) is 126 cm³/mol. The average Bonchev–Trinajstić information content (AvgIpc) is 2.77. The molecule has 0 radical (unpaired) electrons. The molecule has 0 saturated heterocycles. The smallest absolute Gasteiger partial charge is 0.343 e. The van der Waals surface area contributed by atoms with Crippen LogP contribution in [0.5, 0.6) is 5.75 Å². The highest BCUT2D eigenvalue weighted by Crippen LogP contribution is 2.24. The van der Waals surface area contributed by atoms with Gasteiger partial charge in [0.15, 0.2) is 0 Å². The van der Waals surface area contributed by atoms with Gasteiger partial charge in [-0.2, -0.15) is 5.10 Å². The number of anilines is 1. The van der Waals surface area contributed by atoms with Gasteiger partial charge < -0.3 is 10.1 Å². The molecule has 2 amide bonds. The van der Waals surface area contributed by atoms with Crippen LogP contribution in [0.1, 0.15) is 15.9 Å². The van der Waals surface area contributed by atoms with Crippen molar-refractivity contribution in [3.63, 3.8) is 0 Å². The lowest BCUT2D eigenvalue weighted by atomic mass is 10.2. The monoisotopic (exact) mass is 533 g/mol. The summed E-state index contributed by atoms with van der Waals surface area (Å²) in [5.74, 6) is -2.03. The molecule has 2 N–H and O–H groups in total. The minimum atomic E-state index is -0.965. The first-order valence-corrected chi connectivity index (χ1v) is 10.5. The van der Waals surface area contributed by atoms with Gasteiger partial charge in [-0.15, -0.1) is 0 Å². The fourth-order valence-corrected chi connectivity index (χ4v) is 2.91. The lowest BCUT2D eigenvalue weighted by Crippen LogP contribution is -2.32. The van der Waals surface area contributed by atoms with Crippen LogP contribution in [0.25, 0.3) is 0 Å². The summed E-state index contributed by atoms with van der Waals surface area (Å²) in [7, 11) is 0. The summed E-state index contributed by atoms with van der Waals surface area (Å²) in [5, 5.41) is 6.69. The van der Waals surface area contributed by atoms with Gasteiger partial charge >= 0.3 is 17.8 Å². The predicted octanol–water partition coefficient (Wildman–Crippen LogP) is 5.06. The van der Waals surface area contributed by atoms with Crippen LogP contribution in [0, 0.1) is 0 Å². The van der Waals surface area contributed by atoms with E-state index in [1.165, 1.54) is 24.4 Å². The molecule has 3 rings (SSSR count). The van der Waals surface area contributed by atoms with Crippen molar-refractivity contribution in [1.29, 1.82) is 0 Å².